The van der Waals surface area contributed by atoms with Gasteiger partial charge in [0, 0.05) is 44.2 Å². The molecule has 0 saturated carbocycles. The molecule has 2 saturated heterocycles. The summed E-state index contributed by atoms with van der Waals surface area (Å²) in [5, 5.41) is 5.25. The summed E-state index contributed by atoms with van der Waals surface area (Å²) in [5.41, 5.74) is 0. The summed E-state index contributed by atoms with van der Waals surface area (Å²) in [5.74, 6) is 0. The Morgan fingerprint density at radius 3 is 3.04 bits per heavy atom. The van der Waals surface area contributed by atoms with Crippen molar-refractivity contribution in [2.24, 2.45) is 0 Å². The van der Waals surface area contributed by atoms with Crippen molar-refractivity contribution in [2.75, 3.05) is 32.8 Å². The van der Waals surface area contributed by atoms with Crippen molar-refractivity contribution < 1.29 is 9.53 Å². The van der Waals surface area contributed by atoms with E-state index in [1.807, 2.05) is 4.90 Å². The first-order valence-corrected chi connectivity index (χ1v) is 9.52. The van der Waals surface area contributed by atoms with Gasteiger partial charge in [0.1, 0.15) is 0 Å². The quantitative estimate of drug-likeness (QED) is 0.918. The van der Waals surface area contributed by atoms with Crippen LogP contribution in [0.5, 0.6) is 0 Å². The predicted molar refractivity (Wildman–Crippen MR) is 92.8 cm³/mol. The van der Waals surface area contributed by atoms with Crippen molar-refractivity contribution in [3.8, 4) is 0 Å². The summed E-state index contributed by atoms with van der Waals surface area (Å²) >= 11 is 1.80. The fourth-order valence-corrected chi connectivity index (χ4v) is 4.08. The third kappa shape index (κ3) is 4.68. The van der Waals surface area contributed by atoms with Gasteiger partial charge in [0.25, 0.3) is 0 Å². The van der Waals surface area contributed by atoms with E-state index in [0.717, 1.165) is 58.6 Å². The maximum Gasteiger partial charge on any atom is 0.317 e. The van der Waals surface area contributed by atoms with Crippen LogP contribution >= 0.6 is 11.3 Å². The van der Waals surface area contributed by atoms with Crippen LogP contribution in [-0.4, -0.2) is 60.8 Å². The highest BCUT2D eigenvalue weighted by Crippen LogP contribution is 2.16. The second-order valence-electron chi connectivity index (χ2n) is 6.49. The Kier molecular flexibility index (Phi) is 5.91. The third-order valence-electron chi connectivity index (χ3n) is 4.71. The smallest absolute Gasteiger partial charge is 0.317 e. The number of rotatable bonds is 4. The molecule has 2 atom stereocenters. The van der Waals surface area contributed by atoms with Gasteiger partial charge in [0.05, 0.1) is 12.1 Å². The highest BCUT2D eigenvalue weighted by atomic mass is 32.1. The Morgan fingerprint density at radius 2 is 2.30 bits per heavy atom. The van der Waals surface area contributed by atoms with Gasteiger partial charge in [-0.2, -0.15) is 0 Å². The summed E-state index contributed by atoms with van der Waals surface area (Å²) in [7, 11) is 0. The molecule has 0 bridgehead atoms. The first-order valence-electron chi connectivity index (χ1n) is 8.64. The number of thiophene rings is 1. The monoisotopic (exact) mass is 337 g/mol. The lowest BCUT2D eigenvalue weighted by Gasteiger charge is -2.26. The van der Waals surface area contributed by atoms with Crippen LogP contribution in [0.4, 0.5) is 4.79 Å². The normalized spacial score (nSPS) is 24.4. The van der Waals surface area contributed by atoms with Gasteiger partial charge in [-0.3, -0.25) is 4.90 Å². The molecular weight excluding hydrogens is 310 g/mol. The average molecular weight is 337 g/mol. The van der Waals surface area contributed by atoms with Gasteiger partial charge in [-0.25, -0.2) is 4.79 Å². The first-order chi connectivity index (χ1) is 11.2. The zero-order valence-corrected chi connectivity index (χ0v) is 14.7. The minimum absolute atomic E-state index is 0.0611. The highest BCUT2D eigenvalue weighted by Gasteiger charge is 2.26. The molecule has 3 heterocycles. The molecule has 0 unspecified atom stereocenters. The number of urea groups is 1. The molecule has 5 nitrogen and oxygen atoms in total. The average Bonchev–Trinajstić information content (AvgIpc) is 3.19. The summed E-state index contributed by atoms with van der Waals surface area (Å²) in [4.78, 5) is 18.3. The van der Waals surface area contributed by atoms with Crippen molar-refractivity contribution in [1.29, 1.82) is 0 Å². The second kappa shape index (κ2) is 8.13. The number of ether oxygens (including phenoxy) is 1. The van der Waals surface area contributed by atoms with E-state index in [2.05, 4.69) is 34.7 Å². The molecule has 0 spiro atoms. The van der Waals surface area contributed by atoms with Crippen molar-refractivity contribution in [1.82, 2.24) is 15.1 Å². The lowest BCUT2D eigenvalue weighted by molar-refractivity contribution is 0.0834. The van der Waals surface area contributed by atoms with Crippen LogP contribution < -0.4 is 5.32 Å². The summed E-state index contributed by atoms with van der Waals surface area (Å²) in [6.45, 7) is 7.52. The van der Waals surface area contributed by atoms with E-state index < -0.39 is 0 Å². The van der Waals surface area contributed by atoms with Crippen LogP contribution in [0.25, 0.3) is 0 Å². The number of hydrogen-bond donors (Lipinski definition) is 1. The largest absolute Gasteiger partial charge is 0.376 e. The lowest BCUT2D eigenvalue weighted by atomic mass is 10.1. The number of nitrogens with one attached hydrogen (secondary N) is 1. The topological polar surface area (TPSA) is 44.8 Å². The van der Waals surface area contributed by atoms with E-state index in [1.54, 1.807) is 11.3 Å². The molecule has 6 heteroatoms. The Morgan fingerprint density at radius 1 is 1.39 bits per heavy atom. The molecule has 0 aromatic carbocycles. The molecule has 23 heavy (non-hydrogen) atoms. The maximum atomic E-state index is 12.5. The number of nitrogens with zero attached hydrogens (tertiary/aromatic N) is 2. The molecule has 2 aliphatic heterocycles. The summed E-state index contributed by atoms with van der Waals surface area (Å²) < 4.78 is 5.66. The molecule has 0 aliphatic carbocycles. The lowest BCUT2D eigenvalue weighted by Crippen LogP contribution is -2.48. The summed E-state index contributed by atoms with van der Waals surface area (Å²) in [6.07, 6.45) is 3.37. The molecule has 2 fully saturated rings. The minimum atomic E-state index is 0.0611. The molecule has 128 valence electrons. The van der Waals surface area contributed by atoms with Crippen molar-refractivity contribution in [3.05, 3.63) is 22.4 Å². The van der Waals surface area contributed by atoms with E-state index in [0.29, 0.717) is 0 Å². The molecule has 1 aromatic heterocycles. The molecule has 1 N–H and O–H groups in total. The molecule has 0 radical (unpaired) electrons. The predicted octanol–water partition coefficient (Wildman–Crippen LogP) is 2.53. The van der Waals surface area contributed by atoms with Crippen LogP contribution in [0, 0.1) is 0 Å². The van der Waals surface area contributed by atoms with Crippen LogP contribution in [0.15, 0.2) is 17.5 Å². The zero-order chi connectivity index (χ0) is 16.1. The minimum Gasteiger partial charge on any atom is -0.376 e. The van der Waals surface area contributed by atoms with E-state index in [-0.39, 0.29) is 18.2 Å². The van der Waals surface area contributed by atoms with E-state index >= 15 is 0 Å². The molecule has 2 aliphatic rings. The van der Waals surface area contributed by atoms with Crippen molar-refractivity contribution >= 4 is 17.4 Å². The zero-order valence-electron chi connectivity index (χ0n) is 13.9. The van der Waals surface area contributed by atoms with Crippen molar-refractivity contribution in [2.45, 2.75) is 44.9 Å². The van der Waals surface area contributed by atoms with Crippen molar-refractivity contribution in [3.63, 3.8) is 0 Å². The van der Waals surface area contributed by atoms with E-state index in [9.17, 15) is 4.79 Å². The number of amides is 2. The van der Waals surface area contributed by atoms with Crippen LogP contribution in [0.1, 0.15) is 31.1 Å². The van der Waals surface area contributed by atoms with Gasteiger partial charge in [0.2, 0.25) is 0 Å². The number of carbonyl (C=O) groups excluding carboxylic acids is 1. The number of hydrogen-bond acceptors (Lipinski definition) is 4. The van der Waals surface area contributed by atoms with Gasteiger partial charge in [-0.15, -0.1) is 11.3 Å². The molecule has 1 aromatic rings. The van der Waals surface area contributed by atoms with Gasteiger partial charge in [-0.05, 0) is 37.6 Å². The highest BCUT2D eigenvalue weighted by molar-refractivity contribution is 7.09. The Bertz CT molecular complexity index is 488. The van der Waals surface area contributed by atoms with Gasteiger partial charge >= 0.3 is 6.03 Å². The summed E-state index contributed by atoms with van der Waals surface area (Å²) in [6, 6.07) is 4.44. The second-order valence-corrected chi connectivity index (χ2v) is 7.52. The van der Waals surface area contributed by atoms with E-state index in [1.165, 1.54) is 4.88 Å². The third-order valence-corrected chi connectivity index (χ3v) is 5.57. The van der Waals surface area contributed by atoms with Gasteiger partial charge < -0.3 is 15.0 Å². The van der Waals surface area contributed by atoms with Gasteiger partial charge in [-0.1, -0.05) is 6.07 Å². The SMILES string of the molecule is C[C@@H](NC(=O)N1CCCN(Cc2cccs2)CC1)[C@@H]1CCCO1. The Labute approximate surface area is 142 Å². The number of carbonyl (C=O) groups is 1. The molecule has 3 rings (SSSR count). The molecular formula is C17H27N3O2S. The first kappa shape index (κ1) is 16.7. The Hall–Kier alpha value is -1.11. The fraction of sp³-hybridized carbons (Fsp3) is 0.706. The van der Waals surface area contributed by atoms with E-state index in [4.69, 9.17) is 4.74 Å². The maximum absolute atomic E-state index is 12.5. The molecule has 2 amide bonds. The van der Waals surface area contributed by atoms with Crippen LogP contribution in [0.2, 0.25) is 0 Å². The van der Waals surface area contributed by atoms with Gasteiger partial charge in [0.15, 0.2) is 0 Å². The fourth-order valence-electron chi connectivity index (χ4n) is 3.33. The standard InChI is InChI=1S/C17H27N3O2S/c1-14(16-6-2-11-22-16)18-17(21)20-8-4-7-19(9-10-20)13-15-5-3-12-23-15/h3,5,12,14,16H,2,4,6-11,13H2,1H3,(H,18,21)/t14-,16+/m1/s1. The Balaban J connectivity index is 1.46. The van der Waals surface area contributed by atoms with Crippen LogP contribution in [0.3, 0.4) is 0 Å². The van der Waals surface area contributed by atoms with Crippen LogP contribution in [-0.2, 0) is 11.3 Å².